The van der Waals surface area contributed by atoms with E-state index in [4.69, 9.17) is 28.3 Å². The van der Waals surface area contributed by atoms with Gasteiger partial charge in [-0.2, -0.15) is 0 Å². The summed E-state index contributed by atoms with van der Waals surface area (Å²) in [5.41, 5.74) is -0.385. The van der Waals surface area contributed by atoms with Crippen LogP contribution in [0.5, 0.6) is 0 Å². The van der Waals surface area contributed by atoms with Gasteiger partial charge in [-0.05, 0) is 11.6 Å². The molecule has 74 valence electrons. The van der Waals surface area contributed by atoms with Crippen molar-refractivity contribution in [3.05, 3.63) is 22.5 Å². The highest BCUT2D eigenvalue weighted by atomic mass is 35.5. The van der Waals surface area contributed by atoms with Gasteiger partial charge in [0.1, 0.15) is 0 Å². The van der Waals surface area contributed by atoms with Crippen LogP contribution >= 0.6 is 23.2 Å². The van der Waals surface area contributed by atoms with Crippen LogP contribution in [0.15, 0.2) is 22.5 Å². The van der Waals surface area contributed by atoms with Crippen molar-refractivity contribution in [1.82, 2.24) is 0 Å². The van der Waals surface area contributed by atoms with Crippen LogP contribution in [0.1, 0.15) is 0 Å². The van der Waals surface area contributed by atoms with Gasteiger partial charge in [-0.1, -0.05) is 23.2 Å². The Morgan fingerprint density at radius 1 is 1.62 bits per heavy atom. The summed E-state index contributed by atoms with van der Waals surface area (Å²) < 4.78 is 38.8. The number of rotatable bonds is 1. The van der Waals surface area contributed by atoms with E-state index in [1.165, 1.54) is 0 Å². The Kier molecular flexibility index (Phi) is 2.95. The Morgan fingerprint density at radius 2 is 2.15 bits per heavy atom. The van der Waals surface area contributed by atoms with Crippen LogP contribution < -0.4 is 0 Å². The van der Waals surface area contributed by atoms with Crippen molar-refractivity contribution in [1.29, 1.82) is 0 Å². The van der Waals surface area contributed by atoms with Crippen molar-refractivity contribution in [3.63, 3.8) is 0 Å². The normalized spacial score (nSPS) is 34.9. The first kappa shape index (κ1) is 10.9. The van der Waals surface area contributed by atoms with Gasteiger partial charge in [-0.15, -0.1) is 0 Å². The third-order valence-electron chi connectivity index (χ3n) is 1.64. The fourth-order valence-electron chi connectivity index (χ4n) is 0.928. The average Bonchev–Trinajstić information content (AvgIpc) is 2.09. The highest BCUT2D eigenvalue weighted by Crippen LogP contribution is 2.43. The van der Waals surface area contributed by atoms with Crippen molar-refractivity contribution in [2.24, 2.45) is 0 Å². The lowest BCUT2D eigenvalue weighted by molar-refractivity contribution is 0.145. The lowest BCUT2D eigenvalue weighted by Gasteiger charge is -2.26. The van der Waals surface area contributed by atoms with E-state index in [1.807, 2.05) is 0 Å². The molecule has 13 heavy (non-hydrogen) atoms. The van der Waals surface area contributed by atoms with E-state index in [0.717, 1.165) is 6.08 Å². The smallest absolute Gasteiger partial charge is 0.270 e. The molecule has 2 unspecified atom stereocenters. The molecule has 1 aliphatic carbocycles. The Bertz CT molecular complexity index is 285. The molecule has 1 nitrogen and oxygen atoms in total. The topological polar surface area (TPSA) is 20.2 Å². The number of aliphatic hydroxyl groups is 1. The maximum atomic E-state index is 13.1. The van der Waals surface area contributed by atoms with Crippen LogP contribution in [0.2, 0.25) is 0 Å². The number of alkyl halides is 3. The standard InChI is InChI=1S/C7H5Cl2F3O/c8-4-1-3(2-13)5(10)7(9,12)6(4)11/h1,5,13H,2H2. The van der Waals surface area contributed by atoms with Gasteiger partial charge in [-0.25, -0.2) is 13.2 Å². The number of hydrogen-bond donors (Lipinski definition) is 1. The third kappa shape index (κ3) is 1.71. The van der Waals surface area contributed by atoms with Crippen LogP contribution in [0.4, 0.5) is 13.2 Å². The Labute approximate surface area is 82.4 Å². The molecule has 0 saturated carbocycles. The van der Waals surface area contributed by atoms with E-state index in [-0.39, 0.29) is 5.57 Å². The van der Waals surface area contributed by atoms with Gasteiger partial charge in [0, 0.05) is 0 Å². The summed E-state index contributed by atoms with van der Waals surface area (Å²) in [6, 6.07) is 0. The predicted octanol–water partition coefficient (Wildman–Crippen LogP) is 2.58. The van der Waals surface area contributed by atoms with Crippen molar-refractivity contribution in [3.8, 4) is 0 Å². The molecule has 0 aliphatic heterocycles. The second kappa shape index (κ2) is 3.52. The van der Waals surface area contributed by atoms with E-state index in [9.17, 15) is 13.2 Å². The van der Waals surface area contributed by atoms with Gasteiger partial charge >= 0.3 is 0 Å². The second-order valence-electron chi connectivity index (χ2n) is 2.52. The van der Waals surface area contributed by atoms with Gasteiger partial charge in [0.15, 0.2) is 12.0 Å². The third-order valence-corrected chi connectivity index (χ3v) is 2.27. The summed E-state index contributed by atoms with van der Waals surface area (Å²) in [6.45, 7) is -0.761. The summed E-state index contributed by atoms with van der Waals surface area (Å²) in [5, 5.41) is 4.63. The largest absolute Gasteiger partial charge is 0.392 e. The molecule has 1 N–H and O–H groups in total. The lowest BCUT2D eigenvalue weighted by atomic mass is 10.0. The zero-order valence-corrected chi connectivity index (χ0v) is 7.71. The number of halogens is 5. The van der Waals surface area contributed by atoms with E-state index in [0.29, 0.717) is 0 Å². The zero-order valence-electron chi connectivity index (χ0n) is 6.20. The molecule has 0 heterocycles. The molecule has 1 rings (SSSR count). The van der Waals surface area contributed by atoms with Gasteiger partial charge in [0.05, 0.1) is 11.6 Å². The SMILES string of the molecule is OCC1=CC(Cl)=C(F)C(F)(Cl)C1F. The number of aliphatic hydroxyl groups excluding tert-OH is 1. The zero-order chi connectivity index (χ0) is 10.2. The highest BCUT2D eigenvalue weighted by molar-refractivity contribution is 6.33. The van der Waals surface area contributed by atoms with Crippen molar-refractivity contribution in [2.75, 3.05) is 6.61 Å². The minimum absolute atomic E-state index is 0.385. The molecule has 0 spiro atoms. The lowest BCUT2D eigenvalue weighted by Crippen LogP contribution is -2.35. The van der Waals surface area contributed by atoms with E-state index in [1.54, 1.807) is 0 Å². The van der Waals surface area contributed by atoms with Crippen LogP contribution in [0.3, 0.4) is 0 Å². The molecule has 0 aromatic rings. The fourth-order valence-corrected chi connectivity index (χ4v) is 1.50. The number of hydrogen-bond acceptors (Lipinski definition) is 1. The van der Waals surface area contributed by atoms with Crippen molar-refractivity contribution in [2.45, 2.75) is 11.3 Å². The van der Waals surface area contributed by atoms with E-state index < -0.39 is 28.8 Å². The summed E-state index contributed by atoms with van der Waals surface area (Å²) in [4.78, 5) is 0. The van der Waals surface area contributed by atoms with Crippen molar-refractivity contribution < 1.29 is 18.3 Å². The molecule has 0 saturated heterocycles. The molecule has 0 aromatic heterocycles. The first-order valence-electron chi connectivity index (χ1n) is 3.30. The van der Waals surface area contributed by atoms with Crippen molar-refractivity contribution >= 4 is 23.2 Å². The summed E-state index contributed by atoms with van der Waals surface area (Å²) >= 11 is 10.1. The Hall–Kier alpha value is -0.190. The maximum absolute atomic E-state index is 13.1. The minimum atomic E-state index is -3.30. The average molecular weight is 233 g/mol. The molecular formula is C7H5Cl2F3O. The minimum Gasteiger partial charge on any atom is -0.392 e. The van der Waals surface area contributed by atoms with Crippen LogP contribution in [0.25, 0.3) is 0 Å². The Morgan fingerprint density at radius 3 is 2.62 bits per heavy atom. The van der Waals surface area contributed by atoms with E-state index >= 15 is 0 Å². The molecule has 0 aromatic carbocycles. The molecule has 2 atom stereocenters. The maximum Gasteiger partial charge on any atom is 0.270 e. The molecule has 0 fully saturated rings. The van der Waals surface area contributed by atoms with Gasteiger partial charge in [0.2, 0.25) is 0 Å². The van der Waals surface area contributed by atoms with Gasteiger partial charge in [0.25, 0.3) is 5.13 Å². The van der Waals surface area contributed by atoms with E-state index in [2.05, 4.69) is 0 Å². The Balaban J connectivity index is 3.16. The first-order valence-corrected chi connectivity index (χ1v) is 4.05. The second-order valence-corrected chi connectivity index (χ2v) is 3.48. The molecule has 0 bridgehead atoms. The molecule has 0 radical (unpaired) electrons. The van der Waals surface area contributed by atoms with Crippen LogP contribution in [0, 0.1) is 0 Å². The monoisotopic (exact) mass is 232 g/mol. The van der Waals surface area contributed by atoms with Gasteiger partial charge in [-0.3, -0.25) is 0 Å². The summed E-state index contributed by atoms with van der Waals surface area (Å²) in [5.74, 6) is -1.57. The van der Waals surface area contributed by atoms with Crippen LogP contribution in [-0.2, 0) is 0 Å². The molecular weight excluding hydrogens is 228 g/mol. The summed E-state index contributed by atoms with van der Waals surface area (Å²) in [6.07, 6.45) is -1.59. The molecule has 1 aliphatic rings. The predicted molar refractivity (Wildman–Crippen MR) is 43.7 cm³/mol. The molecule has 0 amide bonds. The van der Waals surface area contributed by atoms with Gasteiger partial charge < -0.3 is 5.11 Å². The first-order chi connectivity index (χ1) is 5.91. The van der Waals surface area contributed by atoms with Crippen LogP contribution in [-0.4, -0.2) is 23.0 Å². The summed E-state index contributed by atoms with van der Waals surface area (Å²) in [7, 11) is 0. The quantitative estimate of drug-likeness (QED) is 0.690. The highest BCUT2D eigenvalue weighted by Gasteiger charge is 2.48. The fraction of sp³-hybridized carbons (Fsp3) is 0.429. The molecule has 6 heteroatoms. The number of allylic oxidation sites excluding steroid dienone is 3.